The van der Waals surface area contributed by atoms with E-state index < -0.39 is 12.1 Å². The standard InChI is InChI=1S/C12H8BrI/c13-11-5-1-9(2-6-11)10-3-7-12(14)8-4-10/h1-8H/i1D,2D,3D,4D,5D,6D,7D,8D. The van der Waals surface area contributed by atoms with Crippen molar-refractivity contribution in [3.8, 4) is 11.1 Å². The normalized spacial score (nSPS) is 18.1. The van der Waals surface area contributed by atoms with Crippen molar-refractivity contribution < 1.29 is 11.0 Å². The van der Waals surface area contributed by atoms with Crippen molar-refractivity contribution in [2.75, 3.05) is 0 Å². The highest BCUT2D eigenvalue weighted by Gasteiger charge is 1.96. The zero-order chi connectivity index (χ0) is 16.9. The Morgan fingerprint density at radius 1 is 0.857 bits per heavy atom. The maximum absolute atomic E-state index is 8.00. The first-order valence-electron chi connectivity index (χ1n) is 7.63. The molecule has 70 valence electrons. The maximum Gasteiger partial charge on any atom is 0.0635 e. The van der Waals surface area contributed by atoms with E-state index in [4.69, 9.17) is 11.0 Å². The van der Waals surface area contributed by atoms with Gasteiger partial charge in [-0.05, 0) is 57.9 Å². The quantitative estimate of drug-likeness (QED) is 0.640. The first-order valence-corrected chi connectivity index (χ1v) is 5.50. The summed E-state index contributed by atoms with van der Waals surface area (Å²) < 4.78 is 63.4. The van der Waals surface area contributed by atoms with Crippen molar-refractivity contribution in [2.45, 2.75) is 0 Å². The molecule has 0 aliphatic carbocycles. The molecule has 0 saturated heterocycles. The van der Waals surface area contributed by atoms with Gasteiger partial charge in [-0.3, -0.25) is 0 Å². The van der Waals surface area contributed by atoms with Crippen LogP contribution in [0.5, 0.6) is 0 Å². The van der Waals surface area contributed by atoms with Gasteiger partial charge in [0.15, 0.2) is 0 Å². The van der Waals surface area contributed by atoms with Crippen LogP contribution >= 0.6 is 38.5 Å². The number of rotatable bonds is 1. The van der Waals surface area contributed by atoms with E-state index in [0.717, 1.165) is 0 Å². The second kappa shape index (κ2) is 4.45. The van der Waals surface area contributed by atoms with Gasteiger partial charge >= 0.3 is 0 Å². The first kappa shape index (κ1) is 4.26. The van der Waals surface area contributed by atoms with Crippen LogP contribution in [0.2, 0.25) is 0 Å². The second-order valence-corrected chi connectivity index (χ2v) is 4.25. The van der Waals surface area contributed by atoms with Crippen LogP contribution < -0.4 is 0 Å². The van der Waals surface area contributed by atoms with Gasteiger partial charge in [0.25, 0.3) is 0 Å². The minimum atomic E-state index is -0.408. The minimum Gasteiger partial charge on any atom is -0.0533 e. The Bertz CT molecular complexity index is 679. The fraction of sp³-hybridized carbons (Fsp3) is 0. The SMILES string of the molecule is [2H]c1c([2H])c(-c2c([2H])c([2H])c(I)c([2H])c2[2H])c([2H])c([2H])c1Br. The molecule has 0 atom stereocenters. The molecule has 0 spiro atoms. The maximum atomic E-state index is 8.00. The van der Waals surface area contributed by atoms with Gasteiger partial charge in [0.2, 0.25) is 0 Å². The summed E-state index contributed by atoms with van der Waals surface area (Å²) in [4.78, 5) is 0. The highest BCUT2D eigenvalue weighted by molar-refractivity contribution is 14.1. The molecule has 0 saturated carbocycles. The van der Waals surface area contributed by atoms with E-state index in [9.17, 15) is 0 Å². The van der Waals surface area contributed by atoms with Crippen LogP contribution in [0.15, 0.2) is 52.8 Å². The highest BCUT2D eigenvalue weighted by atomic mass is 127. The van der Waals surface area contributed by atoms with E-state index in [2.05, 4.69) is 15.9 Å². The molecular formula is C12H8BrI. The molecule has 0 fully saturated rings. The molecule has 2 aromatic rings. The Balaban J connectivity index is 3.03. The van der Waals surface area contributed by atoms with E-state index >= 15 is 0 Å². The largest absolute Gasteiger partial charge is 0.0635 e. The molecule has 2 aromatic carbocycles. The Morgan fingerprint density at radius 2 is 1.29 bits per heavy atom. The van der Waals surface area contributed by atoms with Crippen molar-refractivity contribution in [3.63, 3.8) is 0 Å². The lowest BCUT2D eigenvalue weighted by Crippen LogP contribution is -1.77. The molecule has 0 heterocycles. The third kappa shape index (κ3) is 2.36. The number of benzene rings is 2. The van der Waals surface area contributed by atoms with Crippen molar-refractivity contribution in [2.24, 2.45) is 0 Å². The van der Waals surface area contributed by atoms with Crippen molar-refractivity contribution >= 4 is 38.5 Å². The number of hydrogen-bond acceptors (Lipinski definition) is 0. The molecular weight excluding hydrogens is 351 g/mol. The van der Waals surface area contributed by atoms with Crippen LogP contribution in [0.3, 0.4) is 0 Å². The Morgan fingerprint density at radius 3 is 1.79 bits per heavy atom. The predicted molar refractivity (Wildman–Crippen MR) is 72.3 cm³/mol. The van der Waals surface area contributed by atoms with E-state index in [1.165, 1.54) is 0 Å². The molecule has 0 aliphatic heterocycles. The third-order valence-corrected chi connectivity index (χ3v) is 2.37. The summed E-state index contributed by atoms with van der Waals surface area (Å²) in [6, 6.07) is -2.77. The molecule has 14 heavy (non-hydrogen) atoms. The van der Waals surface area contributed by atoms with Gasteiger partial charge in [-0.1, -0.05) is 40.1 Å². The number of hydrogen-bond donors (Lipinski definition) is 0. The molecule has 0 nitrogen and oxygen atoms in total. The third-order valence-electron chi connectivity index (χ3n) is 1.44. The summed E-state index contributed by atoms with van der Waals surface area (Å²) >= 11 is 4.68. The smallest absolute Gasteiger partial charge is 0.0533 e. The molecule has 0 amide bonds. The van der Waals surface area contributed by atoms with Crippen LogP contribution in [-0.4, -0.2) is 0 Å². The molecule has 0 N–H and O–H groups in total. The summed E-state index contributed by atoms with van der Waals surface area (Å²) in [5.74, 6) is 0. The van der Waals surface area contributed by atoms with Gasteiger partial charge in [0.1, 0.15) is 0 Å². The molecule has 2 rings (SSSR count). The summed E-state index contributed by atoms with van der Waals surface area (Å²) in [5.41, 5.74) is -0.452. The minimum absolute atomic E-state index is 0.00739. The molecule has 0 radical (unpaired) electrons. The van der Waals surface area contributed by atoms with Crippen molar-refractivity contribution in [3.05, 3.63) is 56.4 Å². The van der Waals surface area contributed by atoms with Crippen LogP contribution in [-0.2, 0) is 0 Å². The van der Waals surface area contributed by atoms with Crippen molar-refractivity contribution in [1.29, 1.82) is 0 Å². The average Bonchev–Trinajstić information content (AvgIpc) is 2.50. The Labute approximate surface area is 117 Å². The topological polar surface area (TPSA) is 0 Å². The summed E-state index contributed by atoms with van der Waals surface area (Å²) in [5, 5.41) is 0. The Kier molecular flexibility index (Phi) is 1.35. The lowest BCUT2D eigenvalue weighted by Gasteiger charge is -2.01. The van der Waals surface area contributed by atoms with Gasteiger partial charge in [0, 0.05) is 8.04 Å². The monoisotopic (exact) mass is 366 g/mol. The molecule has 2 heteroatoms. The van der Waals surface area contributed by atoms with Crippen LogP contribution in [0.25, 0.3) is 11.1 Å². The van der Waals surface area contributed by atoms with Gasteiger partial charge in [-0.15, -0.1) is 0 Å². The molecule has 0 bridgehead atoms. The van der Waals surface area contributed by atoms with Gasteiger partial charge < -0.3 is 0 Å². The van der Waals surface area contributed by atoms with Gasteiger partial charge in [-0.2, -0.15) is 0 Å². The van der Waals surface area contributed by atoms with Crippen LogP contribution in [0, 0.1) is 3.57 Å². The fourth-order valence-electron chi connectivity index (χ4n) is 0.844. The van der Waals surface area contributed by atoms with E-state index in [0.29, 0.717) is 0 Å². The van der Waals surface area contributed by atoms with Crippen molar-refractivity contribution in [1.82, 2.24) is 0 Å². The van der Waals surface area contributed by atoms with Crippen LogP contribution in [0.4, 0.5) is 0 Å². The van der Waals surface area contributed by atoms with E-state index in [-0.39, 0.29) is 55.4 Å². The van der Waals surface area contributed by atoms with E-state index in [1.807, 2.05) is 0 Å². The highest BCUT2D eigenvalue weighted by Crippen LogP contribution is 2.22. The zero-order valence-corrected chi connectivity index (χ0v) is 10.5. The summed E-state index contributed by atoms with van der Waals surface area (Å²) in [6.45, 7) is 0. The zero-order valence-electron chi connectivity index (χ0n) is 14.8. The number of halogens is 2. The molecule has 0 aliphatic rings. The fourth-order valence-corrected chi connectivity index (χ4v) is 1.31. The predicted octanol–water partition coefficient (Wildman–Crippen LogP) is 4.72. The van der Waals surface area contributed by atoms with Gasteiger partial charge in [-0.25, -0.2) is 0 Å². The van der Waals surface area contributed by atoms with E-state index in [1.54, 1.807) is 22.6 Å². The second-order valence-electron chi connectivity index (χ2n) is 2.38. The van der Waals surface area contributed by atoms with Crippen LogP contribution in [0.1, 0.15) is 11.0 Å². The summed E-state index contributed by atoms with van der Waals surface area (Å²) in [6.07, 6.45) is 0. The first-order chi connectivity index (χ1) is 10.1. The van der Waals surface area contributed by atoms with Gasteiger partial charge in [0.05, 0.1) is 11.0 Å². The lowest BCUT2D eigenvalue weighted by molar-refractivity contribution is 1.58. The lowest BCUT2D eigenvalue weighted by atomic mass is 10.1. The summed E-state index contributed by atoms with van der Waals surface area (Å²) in [7, 11) is 0. The molecule has 0 aromatic heterocycles. The Hall–Kier alpha value is -0.350. The molecule has 0 unspecified atom stereocenters. The average molecular weight is 367 g/mol.